The minimum absolute atomic E-state index is 0.0450. The average molecular weight is 702 g/mol. The Kier molecular flexibility index (Phi) is 11.2. The smallest absolute Gasteiger partial charge is 0.387 e. The van der Waals surface area contributed by atoms with E-state index in [0.29, 0.717) is 45.2 Å². The van der Waals surface area contributed by atoms with E-state index in [-0.39, 0.29) is 34.4 Å². The number of hydrogen-bond acceptors (Lipinski definition) is 7. The van der Waals surface area contributed by atoms with Crippen LogP contribution in [0, 0.1) is 11.1 Å². The monoisotopic (exact) mass is 700 g/mol. The molecule has 1 aliphatic rings. The maximum Gasteiger partial charge on any atom is 0.387 e. The molecule has 0 amide bonds. The van der Waals surface area contributed by atoms with Gasteiger partial charge in [0, 0.05) is 24.7 Å². The standard InChI is InChI=1S/C35H32Cl2F2N2O7/c1-40(33(34(43)44)23-7-3-2-4-8-23)25-9-5-6-22(14-25)15-32(42)47-30(17-26-27(36)18-41(45)19-28(26)37)24-12-13-29(48-35(38)39)31(16-24)46-20-21-10-11-21/h2-9,12-14,16,18-19,21,30,33,35H,10-11,15,17,20H2,1H3,(H,43,44)/t30-,33?/m0/s1. The molecule has 0 radical (unpaired) electrons. The zero-order valence-electron chi connectivity index (χ0n) is 25.7. The maximum absolute atomic E-state index is 13.5. The summed E-state index contributed by atoms with van der Waals surface area (Å²) < 4.78 is 43.2. The summed E-state index contributed by atoms with van der Waals surface area (Å²) in [5, 5.41) is 22.0. The minimum atomic E-state index is -3.08. The largest absolute Gasteiger partial charge is 0.619 e. The van der Waals surface area contributed by atoms with Crippen molar-refractivity contribution >= 4 is 40.8 Å². The highest BCUT2D eigenvalue weighted by molar-refractivity contribution is 6.35. The zero-order chi connectivity index (χ0) is 34.4. The average Bonchev–Trinajstić information content (AvgIpc) is 3.87. The van der Waals surface area contributed by atoms with Gasteiger partial charge >= 0.3 is 18.6 Å². The Morgan fingerprint density at radius 1 is 0.979 bits per heavy atom. The van der Waals surface area contributed by atoms with Crippen LogP contribution in [-0.2, 0) is 27.2 Å². The van der Waals surface area contributed by atoms with Gasteiger partial charge in [0.25, 0.3) is 0 Å². The van der Waals surface area contributed by atoms with E-state index in [9.17, 15) is 28.7 Å². The summed E-state index contributed by atoms with van der Waals surface area (Å²) in [4.78, 5) is 27.3. The van der Waals surface area contributed by atoms with E-state index in [4.69, 9.17) is 32.7 Å². The lowest BCUT2D eigenvalue weighted by Gasteiger charge is -2.27. The number of hydrogen-bond donors (Lipinski definition) is 1. The first-order valence-corrected chi connectivity index (χ1v) is 15.8. The molecule has 1 aromatic heterocycles. The van der Waals surface area contributed by atoms with E-state index in [1.165, 1.54) is 18.2 Å². The first-order chi connectivity index (χ1) is 23.0. The van der Waals surface area contributed by atoms with Crippen LogP contribution in [0.25, 0.3) is 0 Å². The van der Waals surface area contributed by atoms with Crippen LogP contribution in [0.3, 0.4) is 0 Å². The molecule has 1 saturated carbocycles. The van der Waals surface area contributed by atoms with Gasteiger partial charge in [-0.3, -0.25) is 4.79 Å². The van der Waals surface area contributed by atoms with Crippen LogP contribution >= 0.6 is 23.2 Å². The third-order valence-electron chi connectivity index (χ3n) is 7.85. The first-order valence-electron chi connectivity index (χ1n) is 15.1. The molecule has 252 valence electrons. The quantitative estimate of drug-likeness (QED) is 0.0779. The van der Waals surface area contributed by atoms with Crippen molar-refractivity contribution in [1.29, 1.82) is 0 Å². The fraction of sp³-hybridized carbons (Fsp3) is 0.286. The molecule has 4 aromatic rings. The number of nitrogens with zero attached hydrogens (tertiary/aromatic N) is 2. The molecule has 0 bridgehead atoms. The van der Waals surface area contributed by atoms with Gasteiger partial charge in [0.15, 0.2) is 29.9 Å². The third-order valence-corrected chi connectivity index (χ3v) is 8.50. The van der Waals surface area contributed by atoms with Gasteiger partial charge in [0.1, 0.15) is 16.1 Å². The van der Waals surface area contributed by atoms with Crippen LogP contribution < -0.4 is 19.1 Å². The number of anilines is 1. The topological polar surface area (TPSA) is 112 Å². The van der Waals surface area contributed by atoms with E-state index in [0.717, 1.165) is 25.2 Å². The highest BCUT2D eigenvalue weighted by Crippen LogP contribution is 2.38. The molecule has 1 aliphatic carbocycles. The molecule has 1 heterocycles. The fourth-order valence-corrected chi connectivity index (χ4v) is 5.83. The summed E-state index contributed by atoms with van der Waals surface area (Å²) in [6.07, 6.45) is 2.91. The summed E-state index contributed by atoms with van der Waals surface area (Å²) in [5.74, 6) is -1.48. The second-order valence-electron chi connectivity index (χ2n) is 11.4. The summed E-state index contributed by atoms with van der Waals surface area (Å²) >= 11 is 12.7. The van der Waals surface area contributed by atoms with Crippen LogP contribution in [0.2, 0.25) is 10.0 Å². The molecule has 3 aromatic carbocycles. The predicted octanol–water partition coefficient (Wildman–Crippen LogP) is 7.35. The van der Waals surface area contributed by atoms with Crippen LogP contribution in [0.15, 0.2) is 85.2 Å². The number of aliphatic carboxylic acids is 1. The number of likely N-dealkylation sites (N-methyl/N-ethyl adjacent to an activating group) is 1. The molecule has 9 nitrogen and oxygen atoms in total. The number of carbonyl (C=O) groups is 2. The first kappa shape index (κ1) is 34.7. The Hall–Kier alpha value is -4.61. The number of halogens is 4. The van der Waals surface area contributed by atoms with Gasteiger partial charge in [-0.1, -0.05) is 71.7 Å². The SMILES string of the molecule is CN(c1cccc(CC(=O)O[C@@H](Cc2c(Cl)c[n+]([O-])cc2Cl)c2ccc(OC(F)F)c(OCC3CC3)c2)c1)C(C(=O)O)c1ccccc1. The molecule has 1 N–H and O–H groups in total. The van der Waals surface area contributed by atoms with Gasteiger partial charge < -0.3 is 29.4 Å². The van der Waals surface area contributed by atoms with Crippen LogP contribution in [0.5, 0.6) is 11.5 Å². The number of ether oxygens (including phenoxy) is 3. The molecule has 0 saturated heterocycles. The third kappa shape index (κ3) is 9.05. The lowest BCUT2D eigenvalue weighted by atomic mass is 10.0. The van der Waals surface area contributed by atoms with Crippen molar-refractivity contribution < 1.29 is 42.4 Å². The molecule has 1 fully saturated rings. The summed E-state index contributed by atoms with van der Waals surface area (Å²) in [6, 6.07) is 18.9. The van der Waals surface area contributed by atoms with Gasteiger partial charge in [-0.25, -0.2) is 4.79 Å². The molecular formula is C35H32Cl2F2N2O7. The second-order valence-corrected chi connectivity index (χ2v) is 12.2. The summed E-state index contributed by atoms with van der Waals surface area (Å²) in [7, 11) is 1.66. The molecular weight excluding hydrogens is 669 g/mol. The number of esters is 1. The number of carboxylic acid groups (broad SMARTS) is 1. The number of pyridine rings is 1. The van der Waals surface area contributed by atoms with Crippen LogP contribution in [-0.4, -0.2) is 37.3 Å². The van der Waals surface area contributed by atoms with Gasteiger partial charge in [0.2, 0.25) is 0 Å². The summed E-state index contributed by atoms with van der Waals surface area (Å²) in [6.45, 7) is -2.77. The predicted molar refractivity (Wildman–Crippen MR) is 175 cm³/mol. The Morgan fingerprint density at radius 3 is 2.33 bits per heavy atom. The fourth-order valence-electron chi connectivity index (χ4n) is 5.23. The highest BCUT2D eigenvalue weighted by atomic mass is 35.5. The Morgan fingerprint density at radius 2 is 1.69 bits per heavy atom. The molecule has 5 rings (SSSR count). The van der Waals surface area contributed by atoms with Crippen molar-refractivity contribution in [2.75, 3.05) is 18.6 Å². The molecule has 48 heavy (non-hydrogen) atoms. The van der Waals surface area contributed by atoms with E-state index >= 15 is 0 Å². The number of aromatic nitrogens is 1. The Labute approximate surface area is 285 Å². The van der Waals surface area contributed by atoms with Crippen molar-refractivity contribution in [3.63, 3.8) is 0 Å². The minimum Gasteiger partial charge on any atom is -0.619 e. The molecule has 1 unspecified atom stereocenters. The zero-order valence-corrected chi connectivity index (χ0v) is 27.2. The van der Waals surface area contributed by atoms with Gasteiger partial charge in [-0.15, -0.1) is 0 Å². The van der Waals surface area contributed by atoms with Crippen LogP contribution in [0.4, 0.5) is 14.5 Å². The Balaban J connectivity index is 1.41. The Bertz CT molecular complexity index is 1740. The number of carboxylic acids is 1. The van der Waals surface area contributed by atoms with Crippen molar-refractivity contribution in [1.82, 2.24) is 0 Å². The van der Waals surface area contributed by atoms with E-state index in [1.54, 1.807) is 66.5 Å². The van der Waals surface area contributed by atoms with Crippen molar-refractivity contribution in [2.24, 2.45) is 5.92 Å². The van der Waals surface area contributed by atoms with Crippen LogP contribution in [0.1, 0.15) is 47.2 Å². The molecule has 0 aliphatic heterocycles. The molecule has 2 atom stereocenters. The summed E-state index contributed by atoms with van der Waals surface area (Å²) in [5.41, 5.74) is 2.43. The van der Waals surface area contributed by atoms with E-state index < -0.39 is 30.7 Å². The highest BCUT2D eigenvalue weighted by Gasteiger charge is 2.28. The van der Waals surface area contributed by atoms with Gasteiger partial charge in [-0.05, 0) is 59.7 Å². The van der Waals surface area contributed by atoms with Crippen molar-refractivity contribution in [3.05, 3.63) is 123 Å². The van der Waals surface area contributed by atoms with Gasteiger partial charge in [0.05, 0.1) is 13.0 Å². The number of alkyl halides is 2. The van der Waals surface area contributed by atoms with E-state index in [2.05, 4.69) is 4.74 Å². The van der Waals surface area contributed by atoms with Crippen molar-refractivity contribution in [3.8, 4) is 11.5 Å². The van der Waals surface area contributed by atoms with Crippen molar-refractivity contribution in [2.45, 2.75) is 44.4 Å². The maximum atomic E-state index is 13.5. The molecule has 0 spiro atoms. The normalized spacial score (nSPS) is 13.9. The molecule has 13 heteroatoms. The second kappa shape index (κ2) is 15.5. The van der Waals surface area contributed by atoms with Gasteiger partial charge in [-0.2, -0.15) is 13.5 Å². The lowest BCUT2D eigenvalue weighted by Crippen LogP contribution is -2.30. The van der Waals surface area contributed by atoms with E-state index in [1.807, 2.05) is 0 Å². The number of benzene rings is 3. The lowest BCUT2D eigenvalue weighted by molar-refractivity contribution is -0.605. The number of carbonyl (C=O) groups excluding carboxylic acids is 1. The number of rotatable bonds is 15.